The van der Waals surface area contributed by atoms with Crippen LogP contribution in [0.2, 0.25) is 0 Å². The quantitative estimate of drug-likeness (QED) is 0.0687. The van der Waals surface area contributed by atoms with Crippen LogP contribution in [0.1, 0.15) is 63.2 Å². The fourth-order valence-electron chi connectivity index (χ4n) is 5.21. The summed E-state index contributed by atoms with van der Waals surface area (Å²) in [7, 11) is 3.10. The standard InChI is InChI=1S/C35H45N3O10/c1-6-31(41)47-22-35(2,3)32(42)33(43)38-19-8-7-12-26(38)34(44)48-27(15-13-23-14-16-28(45-4)29(20-23)46-5)24-10-9-11-25(21-24)37-36-18-17-30(39)40/h6,9-11,14,16,20-21,26-27,36-37H,1,7-8,12-13,15,17-19,22H2,2-5H3,(H,39,40)/t26-,27+/m0/s1. The molecule has 0 radical (unpaired) electrons. The number of carbonyl (C=O) groups excluding carboxylic acids is 4. The topological polar surface area (TPSA) is 170 Å². The molecule has 13 heteroatoms. The molecular weight excluding hydrogens is 622 g/mol. The average molecular weight is 668 g/mol. The van der Waals surface area contributed by atoms with Crippen molar-refractivity contribution in [3.63, 3.8) is 0 Å². The summed E-state index contributed by atoms with van der Waals surface area (Å²) in [6.45, 7) is 6.41. The van der Waals surface area contributed by atoms with Gasteiger partial charge in [0.15, 0.2) is 11.5 Å². The number of hydrogen-bond acceptors (Lipinski definition) is 11. The first-order valence-corrected chi connectivity index (χ1v) is 15.8. The number of nitrogens with one attached hydrogen (secondary N) is 2. The number of likely N-dealkylation sites (tertiary alicyclic amines) is 1. The third-order valence-electron chi connectivity index (χ3n) is 7.94. The molecular formula is C35H45N3O10. The highest BCUT2D eigenvalue weighted by molar-refractivity contribution is 6.38. The first kappa shape index (κ1) is 37.5. The molecule has 0 spiro atoms. The van der Waals surface area contributed by atoms with Gasteiger partial charge in [0.1, 0.15) is 18.8 Å². The minimum absolute atomic E-state index is 0.0749. The Balaban J connectivity index is 1.83. The molecule has 0 aliphatic carbocycles. The van der Waals surface area contributed by atoms with E-state index in [1.807, 2.05) is 18.2 Å². The van der Waals surface area contributed by atoms with E-state index in [9.17, 15) is 24.0 Å². The van der Waals surface area contributed by atoms with Gasteiger partial charge in [0, 0.05) is 24.9 Å². The zero-order chi connectivity index (χ0) is 35.3. The Morgan fingerprint density at radius 3 is 2.50 bits per heavy atom. The lowest BCUT2D eigenvalue weighted by Gasteiger charge is -2.36. The number of ketones is 1. The van der Waals surface area contributed by atoms with E-state index >= 15 is 0 Å². The Labute approximate surface area is 280 Å². The lowest BCUT2D eigenvalue weighted by molar-refractivity contribution is -0.165. The Morgan fingerprint density at radius 1 is 1.06 bits per heavy atom. The van der Waals surface area contributed by atoms with Crippen molar-refractivity contribution in [2.45, 2.75) is 64.5 Å². The van der Waals surface area contributed by atoms with Crippen molar-refractivity contribution in [2.75, 3.05) is 39.3 Å². The number of nitrogens with zero attached hydrogens (tertiary/aromatic N) is 1. The van der Waals surface area contributed by atoms with Gasteiger partial charge in [0.05, 0.1) is 26.1 Å². The van der Waals surface area contributed by atoms with Gasteiger partial charge in [-0.1, -0.05) is 24.8 Å². The molecule has 0 aromatic heterocycles. The van der Waals surface area contributed by atoms with Gasteiger partial charge in [-0.05, 0) is 81.3 Å². The van der Waals surface area contributed by atoms with Crippen LogP contribution in [0.25, 0.3) is 0 Å². The molecule has 48 heavy (non-hydrogen) atoms. The molecule has 13 nitrogen and oxygen atoms in total. The largest absolute Gasteiger partial charge is 0.493 e. The highest BCUT2D eigenvalue weighted by Gasteiger charge is 2.42. The number of aryl methyl sites for hydroxylation is 1. The molecule has 3 rings (SSSR count). The Bertz CT molecular complexity index is 1470. The molecule has 1 heterocycles. The molecule has 1 saturated heterocycles. The van der Waals surface area contributed by atoms with E-state index in [1.54, 1.807) is 38.5 Å². The number of hydrazine groups is 1. The molecule has 2 atom stereocenters. The molecule has 0 unspecified atom stereocenters. The van der Waals surface area contributed by atoms with Gasteiger partial charge in [0.25, 0.3) is 5.91 Å². The van der Waals surface area contributed by atoms with Crippen LogP contribution in [0.3, 0.4) is 0 Å². The lowest BCUT2D eigenvalue weighted by Crippen LogP contribution is -2.53. The normalized spacial score (nSPS) is 15.1. The number of hydrogen-bond donors (Lipinski definition) is 3. The Hall–Kier alpha value is -4.91. The van der Waals surface area contributed by atoms with Gasteiger partial charge in [-0.15, -0.1) is 0 Å². The molecule has 1 aliphatic heterocycles. The number of carboxylic acid groups (broad SMARTS) is 1. The highest BCUT2D eigenvalue weighted by atomic mass is 16.5. The molecule has 260 valence electrons. The van der Waals surface area contributed by atoms with Crippen LogP contribution in [0, 0.1) is 5.41 Å². The van der Waals surface area contributed by atoms with E-state index in [0.717, 1.165) is 11.6 Å². The number of esters is 2. The van der Waals surface area contributed by atoms with E-state index in [2.05, 4.69) is 17.4 Å². The molecule has 2 aromatic carbocycles. The third-order valence-corrected chi connectivity index (χ3v) is 7.94. The Kier molecular flexibility index (Phi) is 14.0. The van der Waals surface area contributed by atoms with E-state index in [0.29, 0.717) is 54.9 Å². The van der Waals surface area contributed by atoms with Crippen LogP contribution in [0.5, 0.6) is 11.5 Å². The van der Waals surface area contributed by atoms with Crippen molar-refractivity contribution in [2.24, 2.45) is 5.41 Å². The summed E-state index contributed by atoms with van der Waals surface area (Å²) in [6, 6.07) is 11.7. The summed E-state index contributed by atoms with van der Waals surface area (Å²) in [6.07, 6.45) is 2.62. The summed E-state index contributed by atoms with van der Waals surface area (Å²) in [5.41, 5.74) is 6.72. The van der Waals surface area contributed by atoms with Gasteiger partial charge in [-0.3, -0.25) is 14.4 Å². The van der Waals surface area contributed by atoms with Crippen molar-refractivity contribution >= 4 is 35.3 Å². The first-order valence-electron chi connectivity index (χ1n) is 15.8. The number of carboxylic acids is 1. The number of benzene rings is 2. The summed E-state index contributed by atoms with van der Waals surface area (Å²) < 4.78 is 22.0. The van der Waals surface area contributed by atoms with Crippen LogP contribution in [-0.4, -0.2) is 79.6 Å². The molecule has 1 aliphatic rings. The minimum Gasteiger partial charge on any atom is -0.493 e. The average Bonchev–Trinajstić information content (AvgIpc) is 3.09. The van der Waals surface area contributed by atoms with Crippen molar-refractivity contribution in [3.8, 4) is 11.5 Å². The molecule has 0 saturated carbocycles. The van der Waals surface area contributed by atoms with E-state index in [4.69, 9.17) is 24.1 Å². The SMILES string of the molecule is C=CC(=O)OCC(C)(C)C(=O)C(=O)N1CCCC[C@H]1C(=O)O[C@H](CCc1ccc(OC)c(OC)c1)c1cccc(NNCCC(=O)O)c1. The number of ether oxygens (including phenoxy) is 4. The number of amides is 1. The maximum absolute atomic E-state index is 13.8. The number of anilines is 1. The van der Waals surface area contributed by atoms with Gasteiger partial charge in [-0.2, -0.15) is 0 Å². The molecule has 0 bridgehead atoms. The van der Waals surface area contributed by atoms with Crippen LogP contribution in [-0.2, 0) is 39.9 Å². The van der Waals surface area contributed by atoms with Crippen LogP contribution in [0.4, 0.5) is 5.69 Å². The highest BCUT2D eigenvalue weighted by Crippen LogP contribution is 2.32. The summed E-state index contributed by atoms with van der Waals surface area (Å²) in [5, 5.41) is 8.92. The fourth-order valence-corrected chi connectivity index (χ4v) is 5.21. The second kappa shape index (κ2) is 17.9. The van der Waals surface area contributed by atoms with Crippen molar-refractivity contribution in [1.29, 1.82) is 0 Å². The van der Waals surface area contributed by atoms with Crippen LogP contribution >= 0.6 is 0 Å². The maximum Gasteiger partial charge on any atom is 0.330 e. The zero-order valence-corrected chi connectivity index (χ0v) is 27.9. The predicted molar refractivity (Wildman–Crippen MR) is 176 cm³/mol. The summed E-state index contributed by atoms with van der Waals surface area (Å²) in [4.78, 5) is 64.4. The summed E-state index contributed by atoms with van der Waals surface area (Å²) >= 11 is 0. The monoisotopic (exact) mass is 667 g/mol. The first-order chi connectivity index (χ1) is 22.9. The van der Waals surface area contributed by atoms with Gasteiger partial charge in [-0.25, -0.2) is 15.0 Å². The van der Waals surface area contributed by atoms with Crippen LogP contribution < -0.4 is 20.3 Å². The zero-order valence-electron chi connectivity index (χ0n) is 27.9. The van der Waals surface area contributed by atoms with Gasteiger partial charge < -0.3 is 34.4 Å². The maximum atomic E-state index is 13.8. The minimum atomic E-state index is -1.32. The molecule has 2 aromatic rings. The van der Waals surface area contributed by atoms with E-state index in [1.165, 1.54) is 18.7 Å². The van der Waals surface area contributed by atoms with Gasteiger partial charge >= 0.3 is 17.9 Å². The third kappa shape index (κ3) is 10.6. The number of carbonyl (C=O) groups is 5. The predicted octanol–water partition coefficient (Wildman–Crippen LogP) is 4.02. The van der Waals surface area contributed by atoms with Gasteiger partial charge in [0.2, 0.25) is 5.78 Å². The second-order valence-electron chi connectivity index (χ2n) is 12.0. The smallest absolute Gasteiger partial charge is 0.330 e. The number of Topliss-reactive ketones (excluding diaryl/α,β-unsaturated/α-hetero) is 1. The van der Waals surface area contributed by atoms with Crippen molar-refractivity contribution < 1.29 is 48.0 Å². The Morgan fingerprint density at radius 2 is 1.81 bits per heavy atom. The molecule has 3 N–H and O–H groups in total. The fraction of sp³-hybridized carbons (Fsp3) is 0.457. The van der Waals surface area contributed by atoms with Crippen molar-refractivity contribution in [3.05, 3.63) is 66.2 Å². The van der Waals surface area contributed by atoms with E-state index < -0.39 is 47.2 Å². The van der Waals surface area contributed by atoms with Crippen LogP contribution in [0.15, 0.2) is 55.1 Å². The number of methoxy groups -OCH3 is 2. The van der Waals surface area contributed by atoms with E-state index in [-0.39, 0.29) is 26.1 Å². The number of rotatable bonds is 18. The lowest BCUT2D eigenvalue weighted by atomic mass is 9.87. The molecule has 1 fully saturated rings. The molecule has 1 amide bonds. The van der Waals surface area contributed by atoms with Crippen molar-refractivity contribution in [1.82, 2.24) is 10.3 Å². The summed E-state index contributed by atoms with van der Waals surface area (Å²) in [5.74, 6) is -2.76. The number of piperidine rings is 1. The number of aliphatic carboxylic acids is 1. The second-order valence-corrected chi connectivity index (χ2v) is 12.0.